The predicted octanol–water partition coefficient (Wildman–Crippen LogP) is 5.57. The molecule has 150 valence electrons. The molecule has 1 aliphatic carbocycles. The number of nitrogen functional groups attached to an aromatic ring is 1. The van der Waals surface area contributed by atoms with E-state index in [-0.39, 0.29) is 12.1 Å². The van der Waals surface area contributed by atoms with Gasteiger partial charge in [0.15, 0.2) is 0 Å². The first kappa shape index (κ1) is 19.9. The van der Waals surface area contributed by atoms with Crippen LogP contribution in [0.1, 0.15) is 35.7 Å². The van der Waals surface area contributed by atoms with Crippen LogP contribution in [0.2, 0.25) is 0 Å². The van der Waals surface area contributed by atoms with Crippen molar-refractivity contribution in [2.24, 2.45) is 0 Å². The van der Waals surface area contributed by atoms with Gasteiger partial charge in [0.05, 0.1) is 17.5 Å². The average molecular weight is 426 g/mol. The number of hydrogen-bond donors (Lipinski definition) is 3. The molecule has 3 aromatic rings. The van der Waals surface area contributed by atoms with Crippen LogP contribution in [0.15, 0.2) is 60.0 Å². The molecular weight excluding hydrogens is 403 g/mol. The number of carbonyl (C=O) groups excluding carboxylic acids is 1. The van der Waals surface area contributed by atoms with Crippen LogP contribution in [0.4, 0.5) is 11.4 Å². The lowest BCUT2D eigenvalue weighted by Gasteiger charge is -2.18. The van der Waals surface area contributed by atoms with Crippen LogP contribution in [0.5, 0.6) is 0 Å². The molecule has 7 heteroatoms. The second-order valence-electron chi connectivity index (χ2n) is 7.79. The second-order valence-corrected chi connectivity index (χ2v) is 11.5. The highest BCUT2D eigenvalue weighted by Gasteiger charge is 2.52. The smallest absolute Gasteiger partial charge is 0.255 e. The molecule has 0 aliphatic heterocycles. The van der Waals surface area contributed by atoms with Gasteiger partial charge in [0.2, 0.25) is 7.37 Å². The van der Waals surface area contributed by atoms with Crippen molar-refractivity contribution in [3.05, 3.63) is 71.1 Å². The first-order chi connectivity index (χ1) is 13.8. The van der Waals surface area contributed by atoms with Gasteiger partial charge in [-0.15, -0.1) is 11.3 Å². The Hall–Kier alpha value is -2.40. The zero-order valence-electron chi connectivity index (χ0n) is 16.1. The summed E-state index contributed by atoms with van der Waals surface area (Å²) in [5.41, 5.74) is 9.32. The van der Waals surface area contributed by atoms with E-state index in [2.05, 4.69) is 5.32 Å². The molecule has 4 rings (SSSR count). The molecule has 1 aromatic heterocycles. The van der Waals surface area contributed by atoms with Gasteiger partial charge in [-0.1, -0.05) is 31.2 Å². The summed E-state index contributed by atoms with van der Waals surface area (Å²) in [5.74, 6) is -0.270. The van der Waals surface area contributed by atoms with Crippen LogP contribution in [0.3, 0.4) is 0 Å². The van der Waals surface area contributed by atoms with Gasteiger partial charge in [0.1, 0.15) is 0 Å². The molecule has 4 N–H and O–H groups in total. The fourth-order valence-corrected chi connectivity index (χ4v) is 5.81. The van der Waals surface area contributed by atoms with E-state index in [4.69, 9.17) is 5.73 Å². The summed E-state index contributed by atoms with van der Waals surface area (Å²) in [7, 11) is -3.23. The fraction of sp³-hybridized carbons (Fsp3) is 0.227. The third-order valence-electron chi connectivity index (χ3n) is 5.54. The molecule has 0 spiro atoms. The lowest BCUT2D eigenvalue weighted by atomic mass is 10.1. The van der Waals surface area contributed by atoms with Crippen LogP contribution in [-0.2, 0) is 10.7 Å². The van der Waals surface area contributed by atoms with Crippen molar-refractivity contribution in [1.29, 1.82) is 0 Å². The topological polar surface area (TPSA) is 92.4 Å². The highest BCUT2D eigenvalue weighted by atomic mass is 32.1. The second kappa shape index (κ2) is 7.45. The summed E-state index contributed by atoms with van der Waals surface area (Å²) in [6.07, 6.45) is 1.74. The largest absolute Gasteiger partial charge is 0.397 e. The first-order valence-corrected chi connectivity index (χ1v) is 12.2. The number of nitrogens with one attached hydrogen (secondary N) is 1. The lowest BCUT2D eigenvalue weighted by molar-refractivity contribution is 0.102. The van der Waals surface area contributed by atoms with Crippen molar-refractivity contribution in [3.63, 3.8) is 0 Å². The van der Waals surface area contributed by atoms with Gasteiger partial charge in [-0.2, -0.15) is 0 Å². The zero-order valence-corrected chi connectivity index (χ0v) is 17.8. The fourth-order valence-electron chi connectivity index (χ4n) is 3.19. The van der Waals surface area contributed by atoms with Gasteiger partial charge in [-0.3, -0.25) is 9.36 Å². The third-order valence-corrected chi connectivity index (χ3v) is 9.38. The van der Waals surface area contributed by atoms with Crippen LogP contribution < -0.4 is 11.1 Å². The Balaban J connectivity index is 1.48. The highest BCUT2D eigenvalue weighted by Crippen LogP contribution is 2.68. The van der Waals surface area contributed by atoms with Crippen molar-refractivity contribution in [3.8, 4) is 10.4 Å². The van der Waals surface area contributed by atoms with E-state index in [9.17, 15) is 14.3 Å². The standard InChI is InChI=1S/C22H23N2O3PS/c1-22(10-11-22)28(26,27)14-15-4-6-16(7-5-15)21(25)24-19-13-17(8-9-18(19)23)20-3-2-12-29-20/h2-9,12-13H,10-11,14,23H2,1H3,(H,24,25)(H,26,27). The first-order valence-electron chi connectivity index (χ1n) is 9.43. The SMILES string of the molecule is CC1(P(=O)(O)Cc2ccc(C(=O)Nc3cc(-c4cccs4)ccc3N)cc2)CC1. The molecule has 1 heterocycles. The summed E-state index contributed by atoms with van der Waals surface area (Å²) in [4.78, 5) is 24.1. The van der Waals surface area contributed by atoms with Gasteiger partial charge < -0.3 is 15.9 Å². The van der Waals surface area contributed by atoms with E-state index in [1.165, 1.54) is 0 Å². The molecular formula is C22H23N2O3PS. The van der Waals surface area contributed by atoms with Gasteiger partial charge in [-0.25, -0.2) is 0 Å². The average Bonchev–Trinajstić information content (AvgIpc) is 3.23. The minimum absolute atomic E-state index is 0.140. The third kappa shape index (κ3) is 4.15. The van der Waals surface area contributed by atoms with Gasteiger partial charge in [-0.05, 0) is 59.7 Å². The summed E-state index contributed by atoms with van der Waals surface area (Å²) in [6, 6.07) is 16.4. The number of rotatable bonds is 6. The summed E-state index contributed by atoms with van der Waals surface area (Å²) in [5, 5.41) is 4.43. The van der Waals surface area contributed by atoms with Crippen LogP contribution in [0.25, 0.3) is 10.4 Å². The molecule has 1 aliphatic rings. The van der Waals surface area contributed by atoms with Crippen molar-refractivity contribution in [1.82, 2.24) is 0 Å². The number of anilines is 2. The Morgan fingerprint density at radius 3 is 2.55 bits per heavy atom. The molecule has 1 fully saturated rings. The Morgan fingerprint density at radius 1 is 1.21 bits per heavy atom. The Morgan fingerprint density at radius 2 is 1.93 bits per heavy atom. The number of thiophene rings is 1. The monoisotopic (exact) mass is 426 g/mol. The lowest BCUT2D eigenvalue weighted by Crippen LogP contribution is -2.13. The van der Waals surface area contributed by atoms with E-state index < -0.39 is 12.5 Å². The molecule has 29 heavy (non-hydrogen) atoms. The minimum Gasteiger partial charge on any atom is -0.397 e. The minimum atomic E-state index is -3.23. The van der Waals surface area contributed by atoms with E-state index in [1.807, 2.05) is 36.6 Å². The molecule has 0 saturated heterocycles. The van der Waals surface area contributed by atoms with E-state index >= 15 is 0 Å². The number of benzene rings is 2. The normalized spacial score (nSPS) is 16.8. The van der Waals surface area contributed by atoms with Crippen LogP contribution >= 0.6 is 18.7 Å². The van der Waals surface area contributed by atoms with Crippen molar-refractivity contribution >= 4 is 36.0 Å². The quantitative estimate of drug-likeness (QED) is 0.355. The Kier molecular flexibility index (Phi) is 5.11. The van der Waals surface area contributed by atoms with Gasteiger partial charge in [0, 0.05) is 15.6 Å². The van der Waals surface area contributed by atoms with Gasteiger partial charge in [0.25, 0.3) is 5.91 Å². The van der Waals surface area contributed by atoms with Crippen LogP contribution in [0, 0.1) is 0 Å². The molecule has 1 unspecified atom stereocenters. The molecule has 0 radical (unpaired) electrons. The molecule has 1 amide bonds. The Labute approximate surface area is 174 Å². The number of carbonyl (C=O) groups is 1. The van der Waals surface area contributed by atoms with E-state index in [0.29, 0.717) is 16.9 Å². The zero-order chi connectivity index (χ0) is 20.6. The highest BCUT2D eigenvalue weighted by molar-refractivity contribution is 7.59. The van der Waals surface area contributed by atoms with E-state index in [0.717, 1.165) is 28.8 Å². The summed E-state index contributed by atoms with van der Waals surface area (Å²) < 4.78 is 12.6. The molecule has 1 atom stereocenters. The molecule has 2 aromatic carbocycles. The number of nitrogens with two attached hydrogens (primary N) is 1. The summed E-state index contributed by atoms with van der Waals surface area (Å²) >= 11 is 1.62. The van der Waals surface area contributed by atoms with Crippen molar-refractivity contribution in [2.75, 3.05) is 11.1 Å². The predicted molar refractivity (Wildman–Crippen MR) is 120 cm³/mol. The molecule has 5 nitrogen and oxygen atoms in total. The number of hydrogen-bond acceptors (Lipinski definition) is 4. The van der Waals surface area contributed by atoms with E-state index in [1.54, 1.807) is 41.7 Å². The Bertz CT molecular complexity index is 1090. The maximum Gasteiger partial charge on any atom is 0.255 e. The maximum absolute atomic E-state index is 12.7. The summed E-state index contributed by atoms with van der Waals surface area (Å²) in [6.45, 7) is 1.87. The van der Waals surface area contributed by atoms with Crippen molar-refractivity contribution in [2.45, 2.75) is 31.1 Å². The van der Waals surface area contributed by atoms with Crippen LogP contribution in [-0.4, -0.2) is 16.0 Å². The maximum atomic E-state index is 12.7. The van der Waals surface area contributed by atoms with Gasteiger partial charge >= 0.3 is 0 Å². The molecule has 0 bridgehead atoms. The van der Waals surface area contributed by atoms with Crippen molar-refractivity contribution < 1.29 is 14.3 Å². The number of amides is 1. The molecule has 1 saturated carbocycles.